The van der Waals surface area contributed by atoms with Gasteiger partial charge in [0.15, 0.2) is 0 Å². The van der Waals surface area contributed by atoms with Crippen molar-refractivity contribution in [3.8, 4) is 0 Å². The molecule has 1 aliphatic rings. The lowest BCUT2D eigenvalue weighted by molar-refractivity contribution is -0.148. The van der Waals surface area contributed by atoms with Crippen LogP contribution < -0.4 is 0 Å². The van der Waals surface area contributed by atoms with Gasteiger partial charge in [0, 0.05) is 6.42 Å². The fourth-order valence-corrected chi connectivity index (χ4v) is 1.70. The summed E-state index contributed by atoms with van der Waals surface area (Å²) < 4.78 is 13.5. The summed E-state index contributed by atoms with van der Waals surface area (Å²) in [4.78, 5) is 15.3. The van der Waals surface area contributed by atoms with Crippen molar-refractivity contribution in [3.05, 3.63) is 34.6 Å². The van der Waals surface area contributed by atoms with Gasteiger partial charge in [-0.3, -0.25) is 0 Å². The van der Waals surface area contributed by atoms with E-state index in [4.69, 9.17) is 16.7 Å². The minimum absolute atomic E-state index is 0.00991. The molecule has 0 aromatic heterocycles. The highest BCUT2D eigenvalue weighted by Gasteiger charge is 2.30. The molecule has 1 N–H and O–H groups in total. The van der Waals surface area contributed by atoms with Crippen LogP contribution in [0.25, 0.3) is 0 Å². The highest BCUT2D eigenvalue weighted by atomic mass is 35.5. The average Bonchev–Trinajstić information content (AvgIpc) is 2.66. The standard InChI is InChI=1S/C10H7ClFNO3/c11-5-2-1-3-6(12)9(5)7-4-8(10(14)15)16-13-7/h1-3,8H,4H2,(H,14,15)/t8-/m0/s1. The van der Waals surface area contributed by atoms with Crippen LogP contribution in [0.3, 0.4) is 0 Å². The highest BCUT2D eigenvalue weighted by Crippen LogP contribution is 2.25. The van der Waals surface area contributed by atoms with Gasteiger partial charge in [-0.1, -0.05) is 22.8 Å². The third-order valence-electron chi connectivity index (χ3n) is 2.20. The molecule has 84 valence electrons. The van der Waals surface area contributed by atoms with Crippen LogP contribution >= 0.6 is 11.6 Å². The molecule has 1 heterocycles. The molecular formula is C10H7ClFNO3. The Balaban J connectivity index is 2.31. The number of carbonyl (C=O) groups is 1. The first-order chi connectivity index (χ1) is 7.59. The molecule has 0 bridgehead atoms. The Morgan fingerprint density at radius 1 is 1.62 bits per heavy atom. The van der Waals surface area contributed by atoms with Crippen molar-refractivity contribution in [2.24, 2.45) is 5.16 Å². The third-order valence-corrected chi connectivity index (χ3v) is 2.51. The van der Waals surface area contributed by atoms with E-state index in [1.54, 1.807) is 0 Å². The molecule has 0 spiro atoms. The molecule has 6 heteroatoms. The fraction of sp³-hybridized carbons (Fsp3) is 0.200. The fourth-order valence-electron chi connectivity index (χ4n) is 1.43. The number of carboxylic acids is 1. The lowest BCUT2D eigenvalue weighted by Crippen LogP contribution is -2.20. The summed E-state index contributed by atoms with van der Waals surface area (Å²) in [6.45, 7) is 0. The molecular weight excluding hydrogens is 237 g/mol. The summed E-state index contributed by atoms with van der Waals surface area (Å²) in [5.74, 6) is -1.67. The molecule has 0 fully saturated rings. The second-order valence-electron chi connectivity index (χ2n) is 3.27. The monoisotopic (exact) mass is 243 g/mol. The minimum atomic E-state index is -1.13. The molecule has 0 saturated heterocycles. The van der Waals surface area contributed by atoms with Crippen molar-refractivity contribution in [2.45, 2.75) is 12.5 Å². The van der Waals surface area contributed by atoms with Gasteiger partial charge in [0.25, 0.3) is 0 Å². The van der Waals surface area contributed by atoms with Crippen LogP contribution in [0.5, 0.6) is 0 Å². The predicted octanol–water partition coefficient (Wildman–Crippen LogP) is 2.06. The van der Waals surface area contributed by atoms with Gasteiger partial charge in [0.2, 0.25) is 6.10 Å². The van der Waals surface area contributed by atoms with Crippen molar-refractivity contribution < 1.29 is 19.1 Å². The molecule has 0 aliphatic carbocycles. The van der Waals surface area contributed by atoms with Gasteiger partial charge in [0.05, 0.1) is 16.3 Å². The molecule has 0 unspecified atom stereocenters. The quantitative estimate of drug-likeness (QED) is 0.865. The molecule has 16 heavy (non-hydrogen) atoms. The number of nitrogens with zero attached hydrogens (tertiary/aromatic N) is 1. The van der Waals surface area contributed by atoms with Gasteiger partial charge in [-0.15, -0.1) is 0 Å². The maximum Gasteiger partial charge on any atom is 0.348 e. The zero-order valence-electron chi connectivity index (χ0n) is 7.98. The number of hydrogen-bond donors (Lipinski definition) is 1. The lowest BCUT2D eigenvalue weighted by atomic mass is 10.0. The third kappa shape index (κ3) is 1.86. The first kappa shape index (κ1) is 10.9. The molecule has 4 nitrogen and oxygen atoms in total. The number of halogens is 2. The van der Waals surface area contributed by atoms with Gasteiger partial charge >= 0.3 is 5.97 Å². The normalized spacial score (nSPS) is 19.1. The molecule has 1 aromatic rings. The molecule has 0 amide bonds. The predicted molar refractivity (Wildman–Crippen MR) is 55.1 cm³/mol. The van der Waals surface area contributed by atoms with Crippen molar-refractivity contribution in [1.29, 1.82) is 0 Å². The van der Waals surface area contributed by atoms with E-state index in [1.165, 1.54) is 18.2 Å². The number of rotatable bonds is 2. The summed E-state index contributed by atoms with van der Waals surface area (Å²) in [7, 11) is 0. The zero-order valence-corrected chi connectivity index (χ0v) is 8.74. The number of aliphatic carboxylic acids is 1. The Kier molecular flexibility index (Phi) is 2.78. The average molecular weight is 244 g/mol. The van der Waals surface area contributed by atoms with Crippen LogP contribution in [-0.2, 0) is 9.63 Å². The Bertz CT molecular complexity index is 455. The minimum Gasteiger partial charge on any atom is -0.478 e. The molecule has 1 atom stereocenters. The van der Waals surface area contributed by atoms with Gasteiger partial charge in [-0.05, 0) is 12.1 Å². The van der Waals surface area contributed by atoms with E-state index in [9.17, 15) is 9.18 Å². The smallest absolute Gasteiger partial charge is 0.348 e. The van der Waals surface area contributed by atoms with Crippen LogP contribution in [0, 0.1) is 5.82 Å². The van der Waals surface area contributed by atoms with Crippen LogP contribution in [0.1, 0.15) is 12.0 Å². The van der Waals surface area contributed by atoms with Gasteiger partial charge in [-0.25, -0.2) is 9.18 Å². The van der Waals surface area contributed by atoms with Crippen LogP contribution in [0.4, 0.5) is 4.39 Å². The van der Waals surface area contributed by atoms with E-state index in [-0.39, 0.29) is 22.7 Å². The lowest BCUT2D eigenvalue weighted by Gasteiger charge is -2.03. The maximum absolute atomic E-state index is 13.5. The summed E-state index contributed by atoms with van der Waals surface area (Å²) >= 11 is 5.81. The number of carboxylic acid groups (broad SMARTS) is 1. The van der Waals surface area contributed by atoms with Crippen LogP contribution in [0.2, 0.25) is 5.02 Å². The molecule has 0 saturated carbocycles. The Hall–Kier alpha value is -1.62. The second kappa shape index (κ2) is 4.09. The topological polar surface area (TPSA) is 58.9 Å². The molecule has 2 rings (SSSR count). The summed E-state index contributed by atoms with van der Waals surface area (Å²) in [6.07, 6.45) is -1.05. The summed E-state index contributed by atoms with van der Waals surface area (Å²) in [5.41, 5.74) is 0.323. The molecule has 1 aromatic carbocycles. The van der Waals surface area contributed by atoms with E-state index in [0.717, 1.165) is 0 Å². The Morgan fingerprint density at radius 2 is 2.38 bits per heavy atom. The van der Waals surface area contributed by atoms with Gasteiger partial charge in [0.1, 0.15) is 5.82 Å². The molecule has 1 aliphatic heterocycles. The largest absolute Gasteiger partial charge is 0.478 e. The van der Waals surface area contributed by atoms with Crippen molar-refractivity contribution in [1.82, 2.24) is 0 Å². The van der Waals surface area contributed by atoms with Crippen LogP contribution in [0.15, 0.2) is 23.4 Å². The second-order valence-corrected chi connectivity index (χ2v) is 3.68. The van der Waals surface area contributed by atoms with Crippen molar-refractivity contribution in [2.75, 3.05) is 0 Å². The van der Waals surface area contributed by atoms with Crippen LogP contribution in [-0.4, -0.2) is 22.9 Å². The van der Waals surface area contributed by atoms with E-state index in [0.29, 0.717) is 0 Å². The summed E-state index contributed by atoms with van der Waals surface area (Å²) in [5, 5.41) is 12.4. The van der Waals surface area contributed by atoms with E-state index < -0.39 is 17.9 Å². The SMILES string of the molecule is O=C(O)[C@@H]1CC(c2c(F)cccc2Cl)=NO1. The Morgan fingerprint density at radius 3 is 2.94 bits per heavy atom. The highest BCUT2D eigenvalue weighted by molar-refractivity contribution is 6.34. The zero-order chi connectivity index (χ0) is 11.7. The molecule has 0 radical (unpaired) electrons. The van der Waals surface area contributed by atoms with Crippen molar-refractivity contribution in [3.63, 3.8) is 0 Å². The number of oxime groups is 1. The van der Waals surface area contributed by atoms with E-state index in [1.807, 2.05) is 0 Å². The summed E-state index contributed by atoms with van der Waals surface area (Å²) in [6, 6.07) is 4.21. The number of benzene rings is 1. The maximum atomic E-state index is 13.5. The van der Waals surface area contributed by atoms with Gasteiger partial charge in [-0.2, -0.15) is 0 Å². The first-order valence-corrected chi connectivity index (χ1v) is 4.87. The van der Waals surface area contributed by atoms with E-state index in [2.05, 4.69) is 9.99 Å². The number of hydrogen-bond acceptors (Lipinski definition) is 3. The first-order valence-electron chi connectivity index (χ1n) is 4.49. The van der Waals surface area contributed by atoms with Crippen molar-refractivity contribution >= 4 is 23.3 Å². The van der Waals surface area contributed by atoms with E-state index >= 15 is 0 Å². The van der Waals surface area contributed by atoms with Gasteiger partial charge < -0.3 is 9.94 Å². The Labute approximate surface area is 95.3 Å².